The number of rotatable bonds is 9. The highest BCUT2D eigenvalue weighted by atomic mass is 32.2. The van der Waals surface area contributed by atoms with Crippen LogP contribution in [0.2, 0.25) is 0 Å². The highest BCUT2D eigenvalue weighted by Crippen LogP contribution is 2.22. The zero-order valence-corrected chi connectivity index (χ0v) is 15.0. The van der Waals surface area contributed by atoms with Gasteiger partial charge < -0.3 is 5.32 Å². The van der Waals surface area contributed by atoms with Gasteiger partial charge in [0.15, 0.2) is 0 Å². The summed E-state index contributed by atoms with van der Waals surface area (Å²) in [7, 11) is -1.57. The Morgan fingerprint density at radius 2 is 1.86 bits per heavy atom. The molecule has 1 atom stereocenters. The lowest BCUT2D eigenvalue weighted by molar-refractivity contribution is 0.244. The zero-order chi connectivity index (χ0) is 15.9. The maximum Gasteiger partial charge on any atom is 0.281 e. The predicted molar refractivity (Wildman–Crippen MR) is 88.5 cm³/mol. The summed E-state index contributed by atoms with van der Waals surface area (Å²) >= 11 is 0. The maximum atomic E-state index is 12.6. The van der Waals surface area contributed by atoms with Crippen molar-refractivity contribution in [1.29, 1.82) is 0 Å². The minimum atomic E-state index is -3.29. The second kappa shape index (κ2) is 9.08. The van der Waals surface area contributed by atoms with E-state index < -0.39 is 10.2 Å². The zero-order valence-electron chi connectivity index (χ0n) is 14.1. The van der Waals surface area contributed by atoms with Gasteiger partial charge in [-0.25, -0.2) is 0 Å². The third-order valence-electron chi connectivity index (χ3n) is 4.45. The van der Waals surface area contributed by atoms with Gasteiger partial charge in [0, 0.05) is 26.2 Å². The van der Waals surface area contributed by atoms with Crippen LogP contribution in [0.15, 0.2) is 0 Å². The van der Waals surface area contributed by atoms with E-state index in [9.17, 15) is 8.42 Å². The van der Waals surface area contributed by atoms with Crippen molar-refractivity contribution in [2.75, 3.05) is 33.2 Å². The molecule has 0 aromatic heterocycles. The SMILES string of the molecule is CCCNCC1CCN(S(=O)(=O)N(C)C(C)CCC)CC1. The van der Waals surface area contributed by atoms with Crippen molar-refractivity contribution in [3.8, 4) is 0 Å². The Hall–Kier alpha value is -0.170. The van der Waals surface area contributed by atoms with E-state index in [1.165, 1.54) is 0 Å². The maximum absolute atomic E-state index is 12.6. The van der Waals surface area contributed by atoms with E-state index in [0.29, 0.717) is 19.0 Å². The van der Waals surface area contributed by atoms with Gasteiger partial charge in [-0.3, -0.25) is 0 Å². The van der Waals surface area contributed by atoms with Crippen molar-refractivity contribution in [3.63, 3.8) is 0 Å². The Labute approximate surface area is 131 Å². The van der Waals surface area contributed by atoms with Crippen LogP contribution in [0.4, 0.5) is 0 Å². The Balaban J connectivity index is 2.48. The fourth-order valence-electron chi connectivity index (χ4n) is 2.84. The molecule has 0 saturated carbocycles. The van der Waals surface area contributed by atoms with Gasteiger partial charge >= 0.3 is 0 Å². The smallest absolute Gasteiger partial charge is 0.281 e. The van der Waals surface area contributed by atoms with E-state index >= 15 is 0 Å². The van der Waals surface area contributed by atoms with Crippen LogP contribution in [0.25, 0.3) is 0 Å². The Morgan fingerprint density at radius 3 is 2.38 bits per heavy atom. The van der Waals surface area contributed by atoms with Gasteiger partial charge in [0.25, 0.3) is 10.2 Å². The van der Waals surface area contributed by atoms with Crippen LogP contribution in [0, 0.1) is 5.92 Å². The molecule has 0 radical (unpaired) electrons. The average Bonchev–Trinajstić information content (AvgIpc) is 2.47. The van der Waals surface area contributed by atoms with E-state index in [1.54, 1.807) is 15.7 Å². The van der Waals surface area contributed by atoms with Crippen molar-refractivity contribution in [2.45, 2.75) is 58.9 Å². The van der Waals surface area contributed by atoms with E-state index in [4.69, 9.17) is 0 Å². The van der Waals surface area contributed by atoms with Gasteiger partial charge in [-0.15, -0.1) is 0 Å². The van der Waals surface area contributed by atoms with Crippen molar-refractivity contribution < 1.29 is 8.42 Å². The molecular formula is C15H33N3O2S. The molecule has 6 heteroatoms. The molecule has 0 spiro atoms. The summed E-state index contributed by atoms with van der Waals surface area (Å²) in [6, 6.07) is 0.0731. The van der Waals surface area contributed by atoms with Gasteiger partial charge in [0.05, 0.1) is 0 Å². The number of nitrogens with zero attached hydrogens (tertiary/aromatic N) is 2. The summed E-state index contributed by atoms with van der Waals surface area (Å²) in [5, 5.41) is 3.44. The fraction of sp³-hybridized carbons (Fsp3) is 1.00. The molecule has 126 valence electrons. The minimum absolute atomic E-state index is 0.0731. The first-order valence-corrected chi connectivity index (χ1v) is 9.76. The fourth-order valence-corrected chi connectivity index (χ4v) is 4.43. The van der Waals surface area contributed by atoms with Gasteiger partial charge in [0.2, 0.25) is 0 Å². The molecule has 0 aromatic carbocycles. The minimum Gasteiger partial charge on any atom is -0.316 e. The van der Waals surface area contributed by atoms with Gasteiger partial charge in [-0.05, 0) is 51.6 Å². The summed E-state index contributed by atoms with van der Waals surface area (Å²) in [5.41, 5.74) is 0. The number of nitrogens with one attached hydrogen (secondary N) is 1. The molecule has 1 rings (SSSR count). The van der Waals surface area contributed by atoms with E-state index in [2.05, 4.69) is 19.2 Å². The normalized spacial score (nSPS) is 20.0. The molecule has 1 fully saturated rings. The molecule has 1 N–H and O–H groups in total. The topological polar surface area (TPSA) is 52.7 Å². The molecule has 21 heavy (non-hydrogen) atoms. The third-order valence-corrected chi connectivity index (χ3v) is 6.56. The Kier molecular flexibility index (Phi) is 8.16. The summed E-state index contributed by atoms with van der Waals surface area (Å²) in [4.78, 5) is 0. The Morgan fingerprint density at radius 1 is 1.24 bits per heavy atom. The van der Waals surface area contributed by atoms with Crippen LogP contribution >= 0.6 is 0 Å². The Bertz CT molecular complexity index is 378. The number of piperidine rings is 1. The van der Waals surface area contributed by atoms with Crippen molar-refractivity contribution in [3.05, 3.63) is 0 Å². The van der Waals surface area contributed by atoms with Crippen molar-refractivity contribution >= 4 is 10.2 Å². The molecule has 0 aliphatic carbocycles. The second-order valence-corrected chi connectivity index (χ2v) is 8.20. The third kappa shape index (κ3) is 5.51. The molecule has 0 bridgehead atoms. The first-order chi connectivity index (χ1) is 9.93. The van der Waals surface area contributed by atoms with Crippen LogP contribution in [-0.2, 0) is 10.2 Å². The summed E-state index contributed by atoms with van der Waals surface area (Å²) in [5.74, 6) is 0.612. The van der Waals surface area contributed by atoms with Crippen LogP contribution in [-0.4, -0.2) is 56.3 Å². The van der Waals surface area contributed by atoms with E-state index in [1.807, 2.05) is 6.92 Å². The lowest BCUT2D eigenvalue weighted by Gasteiger charge is -2.35. The quantitative estimate of drug-likeness (QED) is 0.662. The lowest BCUT2D eigenvalue weighted by Crippen LogP contribution is -2.49. The van der Waals surface area contributed by atoms with Gasteiger partial charge in [-0.2, -0.15) is 17.0 Å². The van der Waals surface area contributed by atoms with E-state index in [0.717, 1.165) is 45.2 Å². The highest BCUT2D eigenvalue weighted by Gasteiger charge is 2.32. The second-order valence-electron chi connectivity index (χ2n) is 6.21. The molecule has 1 saturated heterocycles. The first-order valence-electron chi connectivity index (χ1n) is 8.37. The lowest BCUT2D eigenvalue weighted by atomic mass is 9.98. The van der Waals surface area contributed by atoms with Gasteiger partial charge in [-0.1, -0.05) is 20.3 Å². The highest BCUT2D eigenvalue weighted by molar-refractivity contribution is 7.86. The monoisotopic (exact) mass is 319 g/mol. The van der Waals surface area contributed by atoms with E-state index in [-0.39, 0.29) is 6.04 Å². The molecule has 0 aromatic rings. The number of hydrogen-bond acceptors (Lipinski definition) is 3. The molecule has 1 unspecified atom stereocenters. The van der Waals surface area contributed by atoms with Crippen LogP contribution in [0.1, 0.15) is 52.9 Å². The van der Waals surface area contributed by atoms with Crippen molar-refractivity contribution in [2.24, 2.45) is 5.92 Å². The molecule has 5 nitrogen and oxygen atoms in total. The van der Waals surface area contributed by atoms with Crippen LogP contribution in [0.5, 0.6) is 0 Å². The molecule has 0 amide bonds. The number of hydrogen-bond donors (Lipinski definition) is 1. The average molecular weight is 320 g/mol. The van der Waals surface area contributed by atoms with Crippen molar-refractivity contribution in [1.82, 2.24) is 13.9 Å². The predicted octanol–water partition coefficient (Wildman–Crippen LogP) is 2.06. The summed E-state index contributed by atoms with van der Waals surface area (Å²) in [6.07, 6.45) is 4.99. The summed E-state index contributed by atoms with van der Waals surface area (Å²) < 4.78 is 28.4. The largest absolute Gasteiger partial charge is 0.316 e. The summed E-state index contributed by atoms with van der Waals surface area (Å²) in [6.45, 7) is 9.62. The van der Waals surface area contributed by atoms with Crippen LogP contribution in [0.3, 0.4) is 0 Å². The molecule has 1 aliphatic rings. The van der Waals surface area contributed by atoms with Gasteiger partial charge in [0.1, 0.15) is 0 Å². The first kappa shape index (κ1) is 18.9. The molecule has 1 aliphatic heterocycles. The van der Waals surface area contributed by atoms with Crippen LogP contribution < -0.4 is 5.32 Å². The molecule has 1 heterocycles. The standard InChI is InChI=1S/C15H33N3O2S/c1-5-7-14(3)17(4)21(19,20)18-11-8-15(9-12-18)13-16-10-6-2/h14-16H,5-13H2,1-4H3. The molecular weight excluding hydrogens is 286 g/mol.